The van der Waals surface area contributed by atoms with Gasteiger partial charge in [0.2, 0.25) is 0 Å². The zero-order chi connectivity index (χ0) is 14.2. The third kappa shape index (κ3) is 2.98. The number of esters is 1. The van der Waals surface area contributed by atoms with E-state index in [2.05, 4.69) is 0 Å². The molecule has 0 aromatic heterocycles. The minimum Gasteiger partial charge on any atom is -0.481 e. The van der Waals surface area contributed by atoms with Gasteiger partial charge in [-0.2, -0.15) is 0 Å². The Morgan fingerprint density at radius 2 is 1.84 bits per heavy atom. The minimum atomic E-state index is -1.36. The molecule has 0 saturated carbocycles. The SMILES string of the molecule is CC1O[C@H](CC2OC(=O)C=C(O)O2)[C@@H](O)[C@H](O)[C@@H]1O. The summed E-state index contributed by atoms with van der Waals surface area (Å²) in [4.78, 5) is 11.1. The van der Waals surface area contributed by atoms with E-state index >= 15 is 0 Å². The molecule has 1 saturated heterocycles. The standard InChI is InChI=1S/C11H16O8/c1-4-9(14)11(16)10(15)5(17-4)2-8-18-6(12)3-7(13)19-8/h3-5,8-12,14-16H,2H2,1H3/t4?,5-,8?,9-,10-,11-/m1/s1. The van der Waals surface area contributed by atoms with E-state index in [1.807, 2.05) is 0 Å². The summed E-state index contributed by atoms with van der Waals surface area (Å²) in [6.07, 6.45) is -5.92. The second-order valence-electron chi connectivity index (χ2n) is 4.55. The predicted octanol–water partition coefficient (Wildman–Crippen LogP) is -1.45. The van der Waals surface area contributed by atoms with Gasteiger partial charge in [-0.1, -0.05) is 0 Å². The third-order valence-electron chi connectivity index (χ3n) is 3.12. The average Bonchev–Trinajstić information content (AvgIpc) is 2.32. The molecule has 6 atom stereocenters. The normalized spacial score (nSPS) is 43.2. The lowest BCUT2D eigenvalue weighted by atomic mass is 9.94. The summed E-state index contributed by atoms with van der Waals surface area (Å²) in [6, 6.07) is 0. The van der Waals surface area contributed by atoms with Crippen molar-refractivity contribution in [3.8, 4) is 0 Å². The first kappa shape index (κ1) is 14.1. The first-order valence-electron chi connectivity index (χ1n) is 5.86. The Morgan fingerprint density at radius 1 is 1.16 bits per heavy atom. The summed E-state index contributed by atoms with van der Waals surface area (Å²) in [6.45, 7) is 1.54. The van der Waals surface area contributed by atoms with Crippen molar-refractivity contribution in [1.29, 1.82) is 0 Å². The molecule has 0 bridgehead atoms. The van der Waals surface area contributed by atoms with E-state index in [1.54, 1.807) is 0 Å². The monoisotopic (exact) mass is 276 g/mol. The molecule has 2 rings (SSSR count). The van der Waals surface area contributed by atoms with E-state index in [-0.39, 0.29) is 6.42 Å². The highest BCUT2D eigenvalue weighted by molar-refractivity contribution is 5.82. The van der Waals surface area contributed by atoms with Crippen LogP contribution in [0.25, 0.3) is 0 Å². The molecule has 0 aliphatic carbocycles. The Balaban J connectivity index is 1.99. The molecule has 1 fully saturated rings. The molecule has 8 nitrogen and oxygen atoms in total. The van der Waals surface area contributed by atoms with Crippen LogP contribution in [-0.2, 0) is 19.0 Å². The number of aliphatic hydroxyl groups is 4. The maximum absolute atomic E-state index is 11.1. The second kappa shape index (κ2) is 5.33. The van der Waals surface area contributed by atoms with Crippen molar-refractivity contribution >= 4 is 5.97 Å². The van der Waals surface area contributed by atoms with Crippen LogP contribution in [0.1, 0.15) is 13.3 Å². The van der Waals surface area contributed by atoms with Crippen LogP contribution in [0, 0.1) is 0 Å². The molecule has 19 heavy (non-hydrogen) atoms. The van der Waals surface area contributed by atoms with Crippen molar-refractivity contribution in [1.82, 2.24) is 0 Å². The summed E-state index contributed by atoms with van der Waals surface area (Å²) < 4.78 is 14.9. The van der Waals surface area contributed by atoms with Crippen LogP contribution in [0.5, 0.6) is 0 Å². The Bertz CT molecular complexity index is 381. The van der Waals surface area contributed by atoms with Gasteiger partial charge in [0.1, 0.15) is 24.4 Å². The lowest BCUT2D eigenvalue weighted by Gasteiger charge is -2.40. The molecule has 2 unspecified atom stereocenters. The zero-order valence-electron chi connectivity index (χ0n) is 10.2. The quantitative estimate of drug-likeness (QED) is 0.451. The fraction of sp³-hybridized carbons (Fsp3) is 0.727. The van der Waals surface area contributed by atoms with Crippen molar-refractivity contribution in [3.63, 3.8) is 0 Å². The Kier molecular flexibility index (Phi) is 3.95. The van der Waals surface area contributed by atoms with Gasteiger partial charge < -0.3 is 34.6 Å². The minimum absolute atomic E-state index is 0.0844. The number of carbonyl (C=O) groups is 1. The number of aliphatic hydroxyl groups excluding tert-OH is 4. The molecule has 0 aromatic rings. The summed E-state index contributed by atoms with van der Waals surface area (Å²) in [5.41, 5.74) is 0. The number of cyclic esters (lactones) is 1. The number of ether oxygens (including phenoxy) is 3. The van der Waals surface area contributed by atoms with Crippen LogP contribution < -0.4 is 0 Å². The lowest BCUT2D eigenvalue weighted by Crippen LogP contribution is -2.57. The van der Waals surface area contributed by atoms with Gasteiger partial charge in [-0.25, -0.2) is 4.79 Å². The fourth-order valence-corrected chi connectivity index (χ4v) is 2.07. The molecule has 4 N–H and O–H groups in total. The lowest BCUT2D eigenvalue weighted by molar-refractivity contribution is -0.240. The highest BCUT2D eigenvalue weighted by atomic mass is 16.7. The van der Waals surface area contributed by atoms with Gasteiger partial charge in [-0.3, -0.25) is 0 Å². The molecule has 2 aliphatic heterocycles. The third-order valence-corrected chi connectivity index (χ3v) is 3.12. The van der Waals surface area contributed by atoms with E-state index in [4.69, 9.17) is 19.3 Å². The highest BCUT2D eigenvalue weighted by Gasteiger charge is 2.43. The molecule has 0 radical (unpaired) electrons. The van der Waals surface area contributed by atoms with Gasteiger partial charge in [0.05, 0.1) is 18.6 Å². The van der Waals surface area contributed by atoms with Gasteiger partial charge in [0, 0.05) is 0 Å². The van der Waals surface area contributed by atoms with Gasteiger partial charge in [0.15, 0.2) is 0 Å². The summed E-state index contributed by atoms with van der Waals surface area (Å²) in [5.74, 6) is -1.35. The summed E-state index contributed by atoms with van der Waals surface area (Å²) in [5, 5.41) is 38.1. The van der Waals surface area contributed by atoms with Crippen LogP contribution in [0.4, 0.5) is 0 Å². The van der Waals surface area contributed by atoms with Gasteiger partial charge in [0.25, 0.3) is 12.2 Å². The maximum Gasteiger partial charge on any atom is 0.341 e. The molecule has 2 aliphatic rings. The van der Waals surface area contributed by atoms with E-state index in [9.17, 15) is 20.1 Å². The van der Waals surface area contributed by atoms with E-state index < -0.39 is 48.7 Å². The smallest absolute Gasteiger partial charge is 0.341 e. The average molecular weight is 276 g/mol. The van der Waals surface area contributed by atoms with Crippen LogP contribution >= 0.6 is 0 Å². The predicted molar refractivity (Wildman–Crippen MR) is 58.6 cm³/mol. The van der Waals surface area contributed by atoms with Crippen LogP contribution in [-0.4, -0.2) is 63.2 Å². The highest BCUT2D eigenvalue weighted by Crippen LogP contribution is 2.26. The Labute approximate surface area is 108 Å². The van der Waals surface area contributed by atoms with Crippen molar-refractivity contribution in [2.45, 2.75) is 50.2 Å². The van der Waals surface area contributed by atoms with E-state index in [0.29, 0.717) is 0 Å². The molecular formula is C11H16O8. The molecule has 0 aromatic carbocycles. The largest absolute Gasteiger partial charge is 0.481 e. The van der Waals surface area contributed by atoms with Gasteiger partial charge in [-0.05, 0) is 6.92 Å². The van der Waals surface area contributed by atoms with Gasteiger partial charge >= 0.3 is 5.97 Å². The first-order chi connectivity index (χ1) is 8.88. The zero-order valence-corrected chi connectivity index (χ0v) is 10.2. The number of rotatable bonds is 2. The molecule has 0 amide bonds. The van der Waals surface area contributed by atoms with Crippen LogP contribution in [0.3, 0.4) is 0 Å². The molecule has 0 spiro atoms. The number of hydrogen-bond donors (Lipinski definition) is 4. The van der Waals surface area contributed by atoms with Crippen molar-refractivity contribution in [3.05, 3.63) is 12.0 Å². The second-order valence-corrected chi connectivity index (χ2v) is 4.55. The van der Waals surface area contributed by atoms with Gasteiger partial charge in [-0.15, -0.1) is 0 Å². The van der Waals surface area contributed by atoms with Crippen LogP contribution in [0.15, 0.2) is 12.0 Å². The van der Waals surface area contributed by atoms with Crippen molar-refractivity contribution in [2.75, 3.05) is 0 Å². The molecule has 8 heteroatoms. The van der Waals surface area contributed by atoms with Crippen molar-refractivity contribution < 1.29 is 39.4 Å². The summed E-state index contributed by atoms with van der Waals surface area (Å²) >= 11 is 0. The topological polar surface area (TPSA) is 126 Å². The molecule has 108 valence electrons. The Morgan fingerprint density at radius 3 is 2.47 bits per heavy atom. The maximum atomic E-state index is 11.1. The summed E-state index contributed by atoms with van der Waals surface area (Å²) in [7, 11) is 0. The van der Waals surface area contributed by atoms with E-state index in [0.717, 1.165) is 6.08 Å². The molecular weight excluding hydrogens is 260 g/mol. The number of carbonyl (C=O) groups excluding carboxylic acids is 1. The fourth-order valence-electron chi connectivity index (χ4n) is 2.07. The van der Waals surface area contributed by atoms with Crippen LogP contribution in [0.2, 0.25) is 0 Å². The van der Waals surface area contributed by atoms with E-state index in [1.165, 1.54) is 6.92 Å². The Hall–Kier alpha value is -1.35. The van der Waals surface area contributed by atoms with Crippen molar-refractivity contribution in [2.24, 2.45) is 0 Å². The number of hydrogen-bond acceptors (Lipinski definition) is 8. The first-order valence-corrected chi connectivity index (χ1v) is 5.86. The molecule has 2 heterocycles.